The first-order valence-corrected chi connectivity index (χ1v) is 5.43. The third kappa shape index (κ3) is 3.93. The van der Waals surface area contributed by atoms with Crippen LogP contribution in [-0.2, 0) is 9.53 Å². The first kappa shape index (κ1) is 13.8. The number of benzene rings is 1. The fourth-order valence-electron chi connectivity index (χ4n) is 1.32. The lowest BCUT2D eigenvalue weighted by Gasteiger charge is -2.01. The molecule has 1 aromatic carbocycles. The summed E-state index contributed by atoms with van der Waals surface area (Å²) in [6, 6.07) is 4.01. The Bertz CT molecular complexity index is 476. The quantitative estimate of drug-likeness (QED) is 0.781. The van der Waals surface area contributed by atoms with Crippen molar-refractivity contribution in [2.75, 3.05) is 6.61 Å². The lowest BCUT2D eigenvalue weighted by atomic mass is 10.1. The van der Waals surface area contributed by atoms with Crippen molar-refractivity contribution in [2.24, 2.45) is 0 Å². The fraction of sp³-hybridized carbons (Fsp3) is 0.231. The van der Waals surface area contributed by atoms with E-state index >= 15 is 0 Å². The molecule has 0 saturated carbocycles. The number of esters is 1. The molecule has 96 valence electrons. The van der Waals surface area contributed by atoms with E-state index in [4.69, 9.17) is 9.84 Å². The smallest absolute Gasteiger partial charge is 0.335 e. The Balaban J connectivity index is 2.71. The predicted octanol–water partition coefficient (Wildman–Crippen LogP) is 2.06. The molecule has 0 spiro atoms. The molecule has 5 nitrogen and oxygen atoms in total. The Morgan fingerprint density at radius 1 is 1.39 bits per heavy atom. The van der Waals surface area contributed by atoms with Crippen LogP contribution in [0.2, 0.25) is 0 Å². The van der Waals surface area contributed by atoms with Crippen LogP contribution in [0.15, 0.2) is 24.3 Å². The van der Waals surface area contributed by atoms with E-state index in [-0.39, 0.29) is 23.7 Å². The highest BCUT2D eigenvalue weighted by Gasteiger charge is 2.05. The van der Waals surface area contributed by atoms with Gasteiger partial charge in [0, 0.05) is 5.56 Å². The summed E-state index contributed by atoms with van der Waals surface area (Å²) in [6.07, 6.45) is 3.19. The Kier molecular flexibility index (Phi) is 4.92. The zero-order valence-electron chi connectivity index (χ0n) is 9.92. The molecule has 0 aliphatic carbocycles. The van der Waals surface area contributed by atoms with Gasteiger partial charge in [-0.1, -0.05) is 18.2 Å². The highest BCUT2D eigenvalue weighted by molar-refractivity contribution is 5.88. The maximum atomic E-state index is 11.0. The molecule has 0 saturated heterocycles. The second kappa shape index (κ2) is 6.44. The average Bonchev–Trinajstić information content (AvgIpc) is 2.31. The topological polar surface area (TPSA) is 83.8 Å². The summed E-state index contributed by atoms with van der Waals surface area (Å²) in [4.78, 5) is 21.7. The maximum absolute atomic E-state index is 11.0. The number of rotatable bonds is 5. The highest BCUT2D eigenvalue weighted by atomic mass is 16.5. The molecule has 5 heteroatoms. The van der Waals surface area contributed by atoms with Crippen LogP contribution in [0.25, 0.3) is 6.08 Å². The Labute approximate surface area is 104 Å². The second-order valence-corrected chi connectivity index (χ2v) is 3.49. The van der Waals surface area contributed by atoms with Crippen molar-refractivity contribution in [3.05, 3.63) is 35.4 Å². The standard InChI is InChI=1S/C13H14O5/c1-2-18-12(15)5-3-4-9-6-7-10(13(16)17)8-11(9)14/h3-4,6-8,14H,2,5H2,1H3,(H,16,17). The normalized spacial score (nSPS) is 10.5. The number of phenols is 1. The first-order valence-electron chi connectivity index (χ1n) is 5.43. The molecule has 2 N–H and O–H groups in total. The van der Waals surface area contributed by atoms with E-state index in [9.17, 15) is 14.7 Å². The van der Waals surface area contributed by atoms with Gasteiger partial charge in [-0.3, -0.25) is 4.79 Å². The fourth-order valence-corrected chi connectivity index (χ4v) is 1.32. The number of ether oxygens (including phenoxy) is 1. The molecule has 18 heavy (non-hydrogen) atoms. The Morgan fingerprint density at radius 2 is 2.11 bits per heavy atom. The molecule has 0 amide bonds. The van der Waals surface area contributed by atoms with E-state index in [0.29, 0.717) is 12.2 Å². The summed E-state index contributed by atoms with van der Waals surface area (Å²) in [5.41, 5.74) is 0.458. The van der Waals surface area contributed by atoms with Crippen molar-refractivity contribution in [1.82, 2.24) is 0 Å². The minimum Gasteiger partial charge on any atom is -0.507 e. The minimum atomic E-state index is -1.10. The number of hydrogen-bond acceptors (Lipinski definition) is 4. The van der Waals surface area contributed by atoms with Crippen LogP contribution in [-0.4, -0.2) is 28.8 Å². The van der Waals surface area contributed by atoms with Gasteiger partial charge in [0.05, 0.1) is 18.6 Å². The van der Waals surface area contributed by atoms with Gasteiger partial charge < -0.3 is 14.9 Å². The van der Waals surface area contributed by atoms with Crippen LogP contribution in [0, 0.1) is 0 Å². The van der Waals surface area contributed by atoms with E-state index in [1.165, 1.54) is 18.2 Å². The van der Waals surface area contributed by atoms with Gasteiger partial charge in [0.25, 0.3) is 0 Å². The number of carboxylic acids is 1. The van der Waals surface area contributed by atoms with Crippen molar-refractivity contribution in [3.8, 4) is 5.75 Å². The molecule has 1 aromatic rings. The van der Waals surface area contributed by atoms with Gasteiger partial charge in [-0.25, -0.2) is 4.79 Å². The van der Waals surface area contributed by atoms with E-state index < -0.39 is 5.97 Å². The summed E-state index contributed by atoms with van der Waals surface area (Å²) < 4.78 is 4.73. The van der Waals surface area contributed by atoms with Gasteiger partial charge in [0.15, 0.2) is 0 Å². The summed E-state index contributed by atoms with van der Waals surface area (Å²) in [7, 11) is 0. The monoisotopic (exact) mass is 250 g/mol. The van der Waals surface area contributed by atoms with Crippen LogP contribution in [0.5, 0.6) is 5.75 Å². The summed E-state index contributed by atoms with van der Waals surface area (Å²) in [6.45, 7) is 2.04. The lowest BCUT2D eigenvalue weighted by Crippen LogP contribution is -2.01. The van der Waals surface area contributed by atoms with Crippen molar-refractivity contribution in [1.29, 1.82) is 0 Å². The second-order valence-electron chi connectivity index (χ2n) is 3.49. The van der Waals surface area contributed by atoms with E-state index in [2.05, 4.69) is 0 Å². The SMILES string of the molecule is CCOC(=O)CC=Cc1ccc(C(=O)O)cc1O. The minimum absolute atomic E-state index is 0.00930. The van der Waals surface area contributed by atoms with Crippen molar-refractivity contribution in [3.63, 3.8) is 0 Å². The van der Waals surface area contributed by atoms with Crippen LogP contribution in [0.3, 0.4) is 0 Å². The zero-order valence-corrected chi connectivity index (χ0v) is 9.92. The predicted molar refractivity (Wildman–Crippen MR) is 65.4 cm³/mol. The van der Waals surface area contributed by atoms with Gasteiger partial charge in [0.2, 0.25) is 0 Å². The number of carboxylic acid groups (broad SMARTS) is 1. The lowest BCUT2D eigenvalue weighted by molar-refractivity contribution is -0.142. The number of hydrogen-bond donors (Lipinski definition) is 2. The molecule has 0 aliphatic heterocycles. The molecule has 0 aromatic heterocycles. The molecule has 0 fully saturated rings. The Hall–Kier alpha value is -2.30. The summed E-state index contributed by atoms with van der Waals surface area (Å²) in [5.74, 6) is -1.60. The van der Waals surface area contributed by atoms with Crippen LogP contribution in [0.1, 0.15) is 29.3 Å². The van der Waals surface area contributed by atoms with Gasteiger partial charge in [0.1, 0.15) is 5.75 Å². The molecule has 0 bridgehead atoms. The number of carbonyl (C=O) groups excluding carboxylic acids is 1. The highest BCUT2D eigenvalue weighted by Crippen LogP contribution is 2.20. The first-order chi connectivity index (χ1) is 8.54. The molecule has 0 aliphatic rings. The number of aromatic hydroxyl groups is 1. The van der Waals surface area contributed by atoms with Gasteiger partial charge in [-0.05, 0) is 19.1 Å². The van der Waals surface area contributed by atoms with Gasteiger partial charge in [-0.2, -0.15) is 0 Å². The Morgan fingerprint density at radius 3 is 2.67 bits per heavy atom. The number of carbonyl (C=O) groups is 2. The largest absolute Gasteiger partial charge is 0.507 e. The van der Waals surface area contributed by atoms with E-state index in [1.807, 2.05) is 0 Å². The average molecular weight is 250 g/mol. The van der Waals surface area contributed by atoms with Crippen LogP contribution >= 0.6 is 0 Å². The van der Waals surface area contributed by atoms with Crippen molar-refractivity contribution < 1.29 is 24.5 Å². The third-order valence-electron chi connectivity index (χ3n) is 2.16. The molecule has 0 radical (unpaired) electrons. The number of aromatic carboxylic acids is 1. The van der Waals surface area contributed by atoms with Crippen molar-refractivity contribution in [2.45, 2.75) is 13.3 Å². The summed E-state index contributed by atoms with van der Waals surface area (Å²) in [5, 5.41) is 18.3. The van der Waals surface area contributed by atoms with Crippen LogP contribution < -0.4 is 0 Å². The van der Waals surface area contributed by atoms with E-state index in [1.54, 1.807) is 13.0 Å². The third-order valence-corrected chi connectivity index (χ3v) is 2.16. The number of phenolic OH excluding ortho intramolecular Hbond substituents is 1. The van der Waals surface area contributed by atoms with Crippen LogP contribution in [0.4, 0.5) is 0 Å². The summed E-state index contributed by atoms with van der Waals surface area (Å²) >= 11 is 0. The molecule has 0 atom stereocenters. The molecule has 0 unspecified atom stereocenters. The molecular weight excluding hydrogens is 236 g/mol. The van der Waals surface area contributed by atoms with Crippen molar-refractivity contribution >= 4 is 18.0 Å². The molecular formula is C13H14O5. The van der Waals surface area contributed by atoms with Gasteiger partial charge >= 0.3 is 11.9 Å². The molecule has 0 heterocycles. The molecule has 1 rings (SSSR count). The zero-order chi connectivity index (χ0) is 13.5. The van der Waals surface area contributed by atoms with Gasteiger partial charge in [-0.15, -0.1) is 0 Å². The maximum Gasteiger partial charge on any atom is 0.335 e. The van der Waals surface area contributed by atoms with E-state index in [0.717, 1.165) is 6.07 Å².